The van der Waals surface area contributed by atoms with Crippen molar-refractivity contribution in [2.24, 2.45) is 0 Å². The Morgan fingerprint density at radius 3 is 3.00 bits per heavy atom. The van der Waals surface area contributed by atoms with E-state index in [-0.39, 0.29) is 0 Å². The van der Waals surface area contributed by atoms with Crippen LogP contribution in [0.3, 0.4) is 0 Å². The molecule has 0 aliphatic carbocycles. The number of rotatable bonds is 3. The van der Waals surface area contributed by atoms with Gasteiger partial charge < -0.3 is 4.98 Å². The lowest BCUT2D eigenvalue weighted by Crippen LogP contribution is -1.79. The van der Waals surface area contributed by atoms with Crippen molar-refractivity contribution >= 4 is 6.29 Å². The van der Waals surface area contributed by atoms with Crippen molar-refractivity contribution in [1.29, 1.82) is 0 Å². The first-order valence-electron chi connectivity index (χ1n) is 3.49. The maximum Gasteiger partial charge on any atom is 0.151 e. The predicted octanol–water partition coefficient (Wildman–Crippen LogP) is 1.78. The highest BCUT2D eigenvalue weighted by Crippen LogP contribution is 2.02. The Balaban J connectivity index is 2.68. The average Bonchev–Trinajstić information content (AvgIpc) is 2.37. The summed E-state index contributed by atoms with van der Waals surface area (Å²) in [6.45, 7) is 2.11. The van der Waals surface area contributed by atoms with Crippen LogP contribution in [0.5, 0.6) is 0 Å². The van der Waals surface area contributed by atoms with E-state index < -0.39 is 0 Å². The standard InChI is InChI=1S/C8H11NO/c1-2-3-8-4-7(6-10)5-9-8/h4-6,9H,2-3H2,1H3. The SMILES string of the molecule is CCCc1cc(C=O)c[nH]1. The van der Waals surface area contributed by atoms with Gasteiger partial charge in [0.2, 0.25) is 0 Å². The van der Waals surface area contributed by atoms with Gasteiger partial charge in [-0.1, -0.05) is 13.3 Å². The molecule has 1 rings (SSSR count). The lowest BCUT2D eigenvalue weighted by molar-refractivity contribution is 0.112. The lowest BCUT2D eigenvalue weighted by atomic mass is 10.2. The molecule has 0 unspecified atom stereocenters. The van der Waals surface area contributed by atoms with E-state index in [2.05, 4.69) is 11.9 Å². The van der Waals surface area contributed by atoms with Gasteiger partial charge in [-0.3, -0.25) is 4.79 Å². The van der Waals surface area contributed by atoms with E-state index in [4.69, 9.17) is 0 Å². The Morgan fingerprint density at radius 2 is 2.50 bits per heavy atom. The lowest BCUT2D eigenvalue weighted by Gasteiger charge is -1.87. The fraction of sp³-hybridized carbons (Fsp3) is 0.375. The molecule has 0 aliphatic rings. The van der Waals surface area contributed by atoms with Crippen molar-refractivity contribution < 1.29 is 4.79 Å². The van der Waals surface area contributed by atoms with Gasteiger partial charge in [0, 0.05) is 17.5 Å². The molecule has 1 aromatic rings. The van der Waals surface area contributed by atoms with Crippen LogP contribution in [0.25, 0.3) is 0 Å². The summed E-state index contributed by atoms with van der Waals surface area (Å²) in [5, 5.41) is 0. The maximum atomic E-state index is 10.2. The number of H-pyrrole nitrogens is 1. The molecule has 0 aliphatic heterocycles. The van der Waals surface area contributed by atoms with E-state index in [1.165, 1.54) is 0 Å². The molecular weight excluding hydrogens is 126 g/mol. The molecule has 2 nitrogen and oxygen atoms in total. The Hall–Kier alpha value is -1.05. The molecular formula is C8H11NO. The van der Waals surface area contributed by atoms with Crippen LogP contribution < -0.4 is 0 Å². The van der Waals surface area contributed by atoms with Gasteiger partial charge in [-0.25, -0.2) is 0 Å². The first kappa shape index (κ1) is 7.06. The van der Waals surface area contributed by atoms with Crippen LogP contribution in [0.2, 0.25) is 0 Å². The number of hydrogen-bond donors (Lipinski definition) is 1. The van der Waals surface area contributed by atoms with E-state index in [9.17, 15) is 4.79 Å². The zero-order valence-corrected chi connectivity index (χ0v) is 6.05. The molecule has 0 atom stereocenters. The van der Waals surface area contributed by atoms with Crippen molar-refractivity contribution in [3.05, 3.63) is 23.5 Å². The Morgan fingerprint density at radius 1 is 1.70 bits per heavy atom. The smallest absolute Gasteiger partial charge is 0.151 e. The van der Waals surface area contributed by atoms with Crippen molar-refractivity contribution in [1.82, 2.24) is 4.98 Å². The summed E-state index contributed by atoms with van der Waals surface area (Å²) in [4.78, 5) is 13.2. The summed E-state index contributed by atoms with van der Waals surface area (Å²) < 4.78 is 0. The Labute approximate surface area is 60.3 Å². The van der Waals surface area contributed by atoms with E-state index in [0.29, 0.717) is 0 Å². The van der Waals surface area contributed by atoms with E-state index in [1.807, 2.05) is 6.07 Å². The third kappa shape index (κ3) is 1.47. The molecule has 2 heteroatoms. The molecule has 0 bridgehead atoms. The van der Waals surface area contributed by atoms with Gasteiger partial charge in [0.05, 0.1) is 0 Å². The highest BCUT2D eigenvalue weighted by molar-refractivity contribution is 5.74. The number of aryl methyl sites for hydroxylation is 1. The van der Waals surface area contributed by atoms with Gasteiger partial charge in [0.25, 0.3) is 0 Å². The van der Waals surface area contributed by atoms with Crippen LogP contribution in [0.1, 0.15) is 29.4 Å². The molecule has 1 N–H and O–H groups in total. The molecule has 0 fully saturated rings. The van der Waals surface area contributed by atoms with Crippen LogP contribution in [0.4, 0.5) is 0 Å². The van der Waals surface area contributed by atoms with Gasteiger partial charge in [0.15, 0.2) is 6.29 Å². The summed E-state index contributed by atoms with van der Waals surface area (Å²) in [7, 11) is 0. The number of aromatic amines is 1. The van der Waals surface area contributed by atoms with Gasteiger partial charge >= 0.3 is 0 Å². The van der Waals surface area contributed by atoms with Crippen molar-refractivity contribution in [3.8, 4) is 0 Å². The van der Waals surface area contributed by atoms with Gasteiger partial charge in [-0.15, -0.1) is 0 Å². The first-order chi connectivity index (χ1) is 4.86. The average molecular weight is 137 g/mol. The number of hydrogen-bond acceptors (Lipinski definition) is 1. The van der Waals surface area contributed by atoms with Crippen LogP contribution >= 0.6 is 0 Å². The van der Waals surface area contributed by atoms with Crippen LogP contribution in [-0.4, -0.2) is 11.3 Å². The molecule has 54 valence electrons. The quantitative estimate of drug-likeness (QED) is 0.633. The van der Waals surface area contributed by atoms with Crippen molar-refractivity contribution in [2.75, 3.05) is 0 Å². The fourth-order valence-corrected chi connectivity index (χ4v) is 0.942. The molecule has 0 saturated heterocycles. The fourth-order valence-electron chi connectivity index (χ4n) is 0.942. The van der Waals surface area contributed by atoms with Crippen molar-refractivity contribution in [2.45, 2.75) is 19.8 Å². The molecule has 1 aromatic heterocycles. The van der Waals surface area contributed by atoms with Gasteiger partial charge in [-0.2, -0.15) is 0 Å². The Bertz CT molecular complexity index is 215. The number of nitrogens with one attached hydrogen (secondary N) is 1. The van der Waals surface area contributed by atoms with E-state index >= 15 is 0 Å². The summed E-state index contributed by atoms with van der Waals surface area (Å²) in [5.74, 6) is 0. The minimum atomic E-state index is 0.739. The predicted molar refractivity (Wildman–Crippen MR) is 40.2 cm³/mol. The molecule has 0 radical (unpaired) electrons. The molecule has 1 heterocycles. The topological polar surface area (TPSA) is 32.9 Å². The third-order valence-corrected chi connectivity index (χ3v) is 1.42. The number of carbonyl (C=O) groups is 1. The zero-order chi connectivity index (χ0) is 7.40. The number of aldehydes is 1. The molecule has 10 heavy (non-hydrogen) atoms. The summed E-state index contributed by atoms with van der Waals surface area (Å²) in [6.07, 6.45) is 4.72. The minimum absolute atomic E-state index is 0.739. The van der Waals surface area contributed by atoms with E-state index in [0.717, 1.165) is 30.4 Å². The van der Waals surface area contributed by atoms with Crippen LogP contribution in [0.15, 0.2) is 12.3 Å². The molecule has 0 amide bonds. The maximum absolute atomic E-state index is 10.2. The van der Waals surface area contributed by atoms with Crippen molar-refractivity contribution in [3.63, 3.8) is 0 Å². The molecule has 0 aromatic carbocycles. The second-order valence-corrected chi connectivity index (χ2v) is 2.33. The second kappa shape index (κ2) is 3.20. The highest BCUT2D eigenvalue weighted by atomic mass is 16.1. The van der Waals surface area contributed by atoms with Gasteiger partial charge in [0.1, 0.15) is 0 Å². The molecule has 0 saturated carbocycles. The molecule has 0 spiro atoms. The summed E-state index contributed by atoms with van der Waals surface area (Å²) in [5.41, 5.74) is 1.88. The third-order valence-electron chi connectivity index (χ3n) is 1.42. The summed E-state index contributed by atoms with van der Waals surface area (Å²) >= 11 is 0. The normalized spacial score (nSPS) is 9.70. The Kier molecular flexibility index (Phi) is 2.26. The minimum Gasteiger partial charge on any atom is -0.364 e. The summed E-state index contributed by atoms with van der Waals surface area (Å²) in [6, 6.07) is 1.89. The van der Waals surface area contributed by atoms with Crippen LogP contribution in [-0.2, 0) is 6.42 Å². The van der Waals surface area contributed by atoms with Crippen LogP contribution in [0, 0.1) is 0 Å². The number of aromatic nitrogens is 1. The monoisotopic (exact) mass is 137 g/mol. The first-order valence-corrected chi connectivity index (χ1v) is 3.49. The number of carbonyl (C=O) groups excluding carboxylic acids is 1. The van der Waals surface area contributed by atoms with E-state index in [1.54, 1.807) is 6.20 Å². The van der Waals surface area contributed by atoms with Gasteiger partial charge in [-0.05, 0) is 12.5 Å². The largest absolute Gasteiger partial charge is 0.364 e. The zero-order valence-electron chi connectivity index (χ0n) is 6.05. The second-order valence-electron chi connectivity index (χ2n) is 2.33. The highest BCUT2D eigenvalue weighted by Gasteiger charge is 1.94.